The molecule has 10 heterocycles. The maximum Gasteiger partial charge on any atom is 0.407 e. The predicted molar refractivity (Wildman–Crippen MR) is 341 cm³/mol. The van der Waals surface area contributed by atoms with Crippen LogP contribution in [0.5, 0.6) is 17.2 Å². The van der Waals surface area contributed by atoms with Crippen LogP contribution >= 0.6 is 0 Å². The molecular formula is C71H60N9O13+. The molecule has 5 aliphatic rings. The monoisotopic (exact) mass is 1250 g/mol. The van der Waals surface area contributed by atoms with Gasteiger partial charge in [-0.15, -0.1) is 0 Å². The smallest absolute Gasteiger partial charge is 0.407 e. The van der Waals surface area contributed by atoms with Crippen LogP contribution < -0.4 is 14.6 Å². The summed E-state index contributed by atoms with van der Waals surface area (Å²) in [5, 5.41) is 59.5. The summed E-state index contributed by atoms with van der Waals surface area (Å²) in [4.78, 5) is 86.1. The Kier molecular flexibility index (Phi) is 15.7. The Morgan fingerprint density at radius 1 is 0.677 bits per heavy atom. The summed E-state index contributed by atoms with van der Waals surface area (Å²) in [5.41, 5.74) is 9.26. The molecule has 93 heavy (non-hydrogen) atoms. The standard InChI is InChI=1S/C71H59N9O13/c1-37-65(83)52(33-56(92-37)93-54-35-71(89,55(82)36-81)34-43-62(54)69(87)64-63(67(43)85)66(84)42-5-3-6-53(90-2)61(42)68(64)86)79-70(88)91-32-4-29-80-30-21-41(22-31-80)60-50-13-11-48(77-50)58(39-17-25-73-26-18-39)46-9-7-44(75-46)57(38-15-23-72-24-16-38)45-8-10-47(76-45)59(40-19-27-74-28-20-40)49-12-14-51(60)78-49/h3,5-28,30-31,37,52,54,56,65,81,83,89H,4,29,32-36H2,1-2H3,(H4,72,73,74,75,76,77,78,79,84,85,86,87,88)/p+1/t37-,52-,54-,56-,65+,71-/m0/s1. The SMILES string of the molecule is COc1cccc2c1C(=O)c1c(O)c3c(c(O)c1C2=O)C[C@@](O)(C(=O)CO)C[C@@H]3O[C@H]1C[C@H](NC(=O)OCCC[n+]2ccc(-c3c4nc(c(-c5ccncc5)c5ccc([nH]5)c(-c5ccncc5)c5nc(c(-c6ccncc6)c6ccc3[nH]6)C=C5)C=C4)cc2)[C@H](O)[C@H](C)O1. The van der Waals surface area contributed by atoms with Crippen LogP contribution in [0.4, 0.5) is 4.79 Å². The van der Waals surface area contributed by atoms with Gasteiger partial charge in [0.05, 0.1) is 71.4 Å². The summed E-state index contributed by atoms with van der Waals surface area (Å²) in [7, 11) is 1.31. The van der Waals surface area contributed by atoms with Gasteiger partial charge in [0.2, 0.25) is 5.78 Å². The van der Waals surface area contributed by atoms with Crippen molar-refractivity contribution in [2.75, 3.05) is 20.3 Å². The van der Waals surface area contributed by atoms with Crippen molar-refractivity contribution in [1.82, 2.24) is 40.2 Å². The number of alkyl carbamates (subject to hydrolysis) is 1. The number of rotatable bonds is 14. The van der Waals surface area contributed by atoms with Crippen LogP contribution in [-0.2, 0) is 32.0 Å². The van der Waals surface area contributed by atoms with Gasteiger partial charge < -0.3 is 59.8 Å². The van der Waals surface area contributed by atoms with Gasteiger partial charge in [-0.05, 0) is 120 Å². The van der Waals surface area contributed by atoms with E-state index >= 15 is 0 Å². The van der Waals surface area contributed by atoms with Crippen LogP contribution in [-0.4, -0.2) is 134 Å². The molecule has 7 aromatic heterocycles. The number of aromatic hydroxyl groups is 2. The van der Waals surface area contributed by atoms with Gasteiger partial charge in [0.15, 0.2) is 36.8 Å². The number of aromatic amines is 2. The quantitative estimate of drug-likeness (QED) is 0.0286. The highest BCUT2D eigenvalue weighted by Gasteiger charge is 2.50. The molecule has 9 aromatic rings. The number of phenolic OH excluding ortho intramolecular Hbond substituents is 2. The highest BCUT2D eigenvalue weighted by atomic mass is 16.7. The fraction of sp³-hybridized carbons (Fsp3) is 0.211. The number of methoxy groups -OCH3 is 1. The molecule has 8 bridgehead atoms. The number of pyridine rings is 4. The second kappa shape index (κ2) is 24.4. The third-order valence-corrected chi connectivity index (χ3v) is 17.7. The van der Waals surface area contributed by atoms with E-state index in [0.717, 1.165) is 89.4 Å². The number of H-pyrrole nitrogens is 2. The van der Waals surface area contributed by atoms with Crippen molar-refractivity contribution in [2.45, 2.75) is 75.4 Å². The highest BCUT2D eigenvalue weighted by Crippen LogP contribution is 2.53. The number of hydrogen-bond acceptors (Lipinski definition) is 18. The molecule has 2 aliphatic carbocycles. The van der Waals surface area contributed by atoms with E-state index in [4.69, 9.17) is 28.9 Å². The zero-order valence-corrected chi connectivity index (χ0v) is 50.1. The lowest BCUT2D eigenvalue weighted by Gasteiger charge is -2.42. The molecular weight excluding hydrogens is 1190 g/mol. The Bertz CT molecular complexity index is 4710. The van der Waals surface area contributed by atoms with Crippen LogP contribution in [0, 0.1) is 0 Å². The van der Waals surface area contributed by atoms with Crippen molar-refractivity contribution in [2.24, 2.45) is 0 Å². The number of ether oxygens (including phenoxy) is 4. The highest BCUT2D eigenvalue weighted by molar-refractivity contribution is 6.31. The summed E-state index contributed by atoms with van der Waals surface area (Å²) in [6.45, 7) is 0.866. The predicted octanol–water partition coefficient (Wildman–Crippen LogP) is 8.97. The zero-order valence-electron chi connectivity index (χ0n) is 50.1. The molecule has 466 valence electrons. The first-order valence-electron chi connectivity index (χ1n) is 30.2. The first-order chi connectivity index (χ1) is 45.2. The zero-order chi connectivity index (χ0) is 64.2. The number of nitrogens with zero attached hydrogens (tertiary/aromatic N) is 6. The summed E-state index contributed by atoms with van der Waals surface area (Å²) < 4.78 is 25.4. The van der Waals surface area contributed by atoms with Gasteiger partial charge in [0.1, 0.15) is 35.6 Å². The Morgan fingerprint density at radius 2 is 1.18 bits per heavy atom. The molecule has 3 aliphatic heterocycles. The van der Waals surface area contributed by atoms with Crippen molar-refractivity contribution in [3.63, 3.8) is 0 Å². The first kappa shape index (κ1) is 59.7. The van der Waals surface area contributed by atoms with E-state index in [1.807, 2.05) is 95.9 Å². The van der Waals surface area contributed by atoms with Crippen molar-refractivity contribution in [3.8, 4) is 61.8 Å². The topological polar surface area (TPSA) is 318 Å². The average molecular weight is 1250 g/mol. The van der Waals surface area contributed by atoms with Crippen LogP contribution in [0.2, 0.25) is 0 Å². The summed E-state index contributed by atoms with van der Waals surface area (Å²) in [6, 6.07) is 27.4. The minimum Gasteiger partial charge on any atom is -0.507 e. The number of hydrogen-bond donors (Lipinski definition) is 8. The van der Waals surface area contributed by atoms with Gasteiger partial charge >= 0.3 is 6.09 Å². The number of fused-ring (bicyclic) bond motifs is 11. The van der Waals surface area contributed by atoms with Gasteiger partial charge in [-0.1, -0.05) is 12.1 Å². The van der Waals surface area contributed by atoms with Gasteiger partial charge in [0, 0.05) is 136 Å². The van der Waals surface area contributed by atoms with E-state index in [-0.39, 0.29) is 41.0 Å². The van der Waals surface area contributed by atoms with E-state index in [1.54, 1.807) is 37.2 Å². The molecule has 22 nitrogen and oxygen atoms in total. The molecule has 0 saturated carbocycles. The van der Waals surface area contributed by atoms with Crippen molar-refractivity contribution in [3.05, 3.63) is 197 Å². The molecule has 14 rings (SSSR count). The third kappa shape index (κ3) is 10.9. The number of phenols is 2. The number of ketones is 3. The van der Waals surface area contributed by atoms with E-state index in [1.165, 1.54) is 32.2 Å². The fourth-order valence-corrected chi connectivity index (χ4v) is 13.2. The number of aryl methyl sites for hydroxylation is 1. The molecule has 1 saturated heterocycles. The summed E-state index contributed by atoms with van der Waals surface area (Å²) >= 11 is 0. The number of Topliss-reactive ketones (excluding diaryl/α,β-unsaturated/α-hetero) is 1. The Labute approximate surface area is 530 Å². The molecule has 0 spiro atoms. The van der Waals surface area contributed by atoms with Crippen molar-refractivity contribution >= 4 is 69.8 Å². The van der Waals surface area contributed by atoms with Gasteiger partial charge in [0.25, 0.3) is 0 Å². The van der Waals surface area contributed by atoms with Gasteiger partial charge in [-0.25, -0.2) is 19.3 Å². The lowest BCUT2D eigenvalue weighted by molar-refractivity contribution is -0.697. The number of aromatic nitrogens is 8. The first-order valence-corrected chi connectivity index (χ1v) is 30.2. The fourth-order valence-electron chi connectivity index (χ4n) is 13.2. The number of aliphatic hydroxyl groups excluding tert-OH is 2. The lowest BCUT2D eigenvalue weighted by atomic mass is 9.72. The average Bonchev–Trinajstić information content (AvgIpc) is 1.24. The minimum atomic E-state index is -2.38. The number of nitrogens with one attached hydrogen (secondary N) is 3. The summed E-state index contributed by atoms with van der Waals surface area (Å²) in [6.07, 6.45) is 15.6. The molecule has 1 amide bonds. The molecule has 8 N–H and O–H groups in total. The maximum atomic E-state index is 14.2. The third-order valence-electron chi connectivity index (χ3n) is 17.7. The van der Waals surface area contributed by atoms with Crippen LogP contribution in [0.25, 0.3) is 90.9 Å². The normalized spacial score (nSPS) is 19.6. The number of aliphatic hydroxyl groups is 3. The lowest BCUT2D eigenvalue weighted by Crippen LogP contribution is -2.56. The van der Waals surface area contributed by atoms with Crippen LogP contribution in [0.15, 0.2) is 141 Å². The van der Waals surface area contributed by atoms with Crippen LogP contribution in [0.3, 0.4) is 0 Å². The van der Waals surface area contributed by atoms with E-state index in [2.05, 4.69) is 48.4 Å². The number of amides is 1. The number of carbonyl (C=O) groups is 4. The number of carbonyl (C=O) groups excluding carboxylic acids is 4. The second-order valence-corrected chi connectivity index (χ2v) is 23.3. The molecule has 2 aromatic carbocycles. The van der Waals surface area contributed by atoms with E-state index in [9.17, 15) is 44.7 Å². The molecule has 0 unspecified atom stereocenters. The largest absolute Gasteiger partial charge is 0.507 e. The molecule has 1 fully saturated rings. The van der Waals surface area contributed by atoms with Gasteiger partial charge in [-0.2, -0.15) is 0 Å². The molecule has 22 heteroatoms. The van der Waals surface area contributed by atoms with E-state index in [0.29, 0.717) is 13.0 Å². The summed E-state index contributed by atoms with van der Waals surface area (Å²) in [5.74, 6) is -4.15. The van der Waals surface area contributed by atoms with Gasteiger partial charge in [-0.3, -0.25) is 29.3 Å². The van der Waals surface area contributed by atoms with E-state index < -0.39 is 102 Å². The minimum absolute atomic E-state index is 0.0169. The van der Waals surface area contributed by atoms with Crippen molar-refractivity contribution in [1.29, 1.82) is 0 Å². The number of benzene rings is 2. The Morgan fingerprint density at radius 3 is 1.69 bits per heavy atom. The maximum absolute atomic E-state index is 14.2. The Balaban J connectivity index is 0.716. The second-order valence-electron chi connectivity index (χ2n) is 23.3. The molecule has 0 radical (unpaired) electrons. The Hall–Kier alpha value is -10.9. The van der Waals surface area contributed by atoms with Crippen molar-refractivity contribution < 1.29 is 68.2 Å². The molecule has 6 atom stereocenters. The van der Waals surface area contributed by atoms with Crippen LogP contribution in [0.1, 0.15) is 98.0 Å².